The first-order valence-corrected chi connectivity index (χ1v) is 9.11. The lowest BCUT2D eigenvalue weighted by molar-refractivity contribution is 0.0717. The van der Waals surface area contributed by atoms with Crippen molar-refractivity contribution in [2.75, 3.05) is 27.2 Å². The lowest BCUT2D eigenvalue weighted by Crippen LogP contribution is -2.45. The van der Waals surface area contributed by atoms with Gasteiger partial charge in [-0.05, 0) is 50.2 Å². The second kappa shape index (κ2) is 8.05. The Labute approximate surface area is 158 Å². The van der Waals surface area contributed by atoms with Crippen LogP contribution in [0, 0.1) is 11.6 Å². The van der Waals surface area contributed by atoms with E-state index < -0.39 is 11.6 Å². The fourth-order valence-corrected chi connectivity index (χ4v) is 3.58. The first kappa shape index (κ1) is 19.3. The number of carbonyl (C=O) groups excluding carboxylic acids is 1. The summed E-state index contributed by atoms with van der Waals surface area (Å²) in [7, 11) is 3.85. The minimum Gasteiger partial charge on any atom is -0.507 e. The molecule has 1 aliphatic heterocycles. The van der Waals surface area contributed by atoms with Crippen LogP contribution in [0.5, 0.6) is 5.75 Å². The summed E-state index contributed by atoms with van der Waals surface area (Å²) >= 11 is 0. The Bertz CT molecular complexity index is 841. The van der Waals surface area contributed by atoms with Crippen LogP contribution in [0.25, 0.3) is 11.1 Å². The molecule has 0 saturated carbocycles. The molecule has 1 atom stereocenters. The van der Waals surface area contributed by atoms with Crippen molar-refractivity contribution in [3.63, 3.8) is 0 Å². The number of nitrogens with zero attached hydrogens (tertiary/aromatic N) is 2. The molecule has 3 rings (SSSR count). The Morgan fingerprint density at radius 3 is 2.70 bits per heavy atom. The van der Waals surface area contributed by atoms with Crippen LogP contribution in [0.1, 0.15) is 29.6 Å². The summed E-state index contributed by atoms with van der Waals surface area (Å²) in [6.07, 6.45) is 3.42. The summed E-state index contributed by atoms with van der Waals surface area (Å²) in [6, 6.07) is 8.62. The average Bonchev–Trinajstić information content (AvgIpc) is 2.66. The van der Waals surface area contributed by atoms with Gasteiger partial charge < -0.3 is 14.9 Å². The standard InChI is InChI=1S/C21H24F2N2O2/c1-24-9-4-3-8-16(24)13-25(2)21(27)15-7-5-6-14(10-15)17-11-18(22)19(23)12-20(17)26/h5-7,10-12,16,26H,3-4,8-9,13H2,1-2H3/t16-/m0/s1. The number of piperidine rings is 1. The Balaban J connectivity index is 1.80. The molecule has 1 amide bonds. The van der Waals surface area contributed by atoms with Gasteiger partial charge in [-0.25, -0.2) is 8.78 Å². The number of likely N-dealkylation sites (N-methyl/N-ethyl adjacent to an activating group) is 2. The monoisotopic (exact) mass is 374 g/mol. The SMILES string of the molecule is CN(C[C@@H]1CCCCN1C)C(=O)c1cccc(-c2cc(F)c(F)cc2O)c1. The number of likely N-dealkylation sites (tertiary alicyclic amines) is 1. The van der Waals surface area contributed by atoms with E-state index in [1.807, 2.05) is 0 Å². The zero-order chi connectivity index (χ0) is 19.6. The summed E-state index contributed by atoms with van der Waals surface area (Å²) in [5.74, 6) is -2.66. The van der Waals surface area contributed by atoms with E-state index in [0.29, 0.717) is 23.7 Å². The van der Waals surface area contributed by atoms with Gasteiger partial charge in [-0.2, -0.15) is 0 Å². The van der Waals surface area contributed by atoms with Crippen molar-refractivity contribution in [1.29, 1.82) is 0 Å². The van der Waals surface area contributed by atoms with Crippen LogP contribution in [0.4, 0.5) is 8.78 Å². The quantitative estimate of drug-likeness (QED) is 0.883. The molecule has 2 aromatic rings. The Kier molecular flexibility index (Phi) is 5.75. The van der Waals surface area contributed by atoms with Crippen molar-refractivity contribution in [2.45, 2.75) is 25.3 Å². The van der Waals surface area contributed by atoms with Crippen LogP contribution in [-0.4, -0.2) is 54.0 Å². The van der Waals surface area contributed by atoms with Gasteiger partial charge in [0.25, 0.3) is 5.91 Å². The third-order valence-corrected chi connectivity index (χ3v) is 5.21. The van der Waals surface area contributed by atoms with Crippen molar-refractivity contribution in [2.24, 2.45) is 0 Å². The van der Waals surface area contributed by atoms with Gasteiger partial charge in [-0.15, -0.1) is 0 Å². The van der Waals surface area contributed by atoms with Gasteiger partial charge in [0, 0.05) is 36.8 Å². The van der Waals surface area contributed by atoms with Gasteiger partial charge >= 0.3 is 0 Å². The zero-order valence-corrected chi connectivity index (χ0v) is 15.6. The van der Waals surface area contributed by atoms with Gasteiger partial charge in [0.15, 0.2) is 11.6 Å². The molecular weight excluding hydrogens is 350 g/mol. The summed E-state index contributed by atoms with van der Waals surface area (Å²) in [5.41, 5.74) is 1.05. The summed E-state index contributed by atoms with van der Waals surface area (Å²) in [6.45, 7) is 1.67. The Morgan fingerprint density at radius 1 is 1.22 bits per heavy atom. The predicted octanol–water partition coefficient (Wildman–Crippen LogP) is 3.89. The minimum absolute atomic E-state index is 0.141. The third kappa shape index (κ3) is 4.27. The number of aromatic hydroxyl groups is 1. The molecule has 0 aromatic heterocycles. The zero-order valence-electron chi connectivity index (χ0n) is 15.6. The molecule has 0 radical (unpaired) electrons. The second-order valence-electron chi connectivity index (χ2n) is 7.18. The van der Waals surface area contributed by atoms with Crippen molar-refractivity contribution in [1.82, 2.24) is 9.80 Å². The van der Waals surface area contributed by atoms with E-state index in [-0.39, 0.29) is 17.2 Å². The van der Waals surface area contributed by atoms with Gasteiger partial charge in [-0.1, -0.05) is 18.6 Å². The number of hydrogen-bond acceptors (Lipinski definition) is 3. The minimum atomic E-state index is -1.11. The first-order valence-electron chi connectivity index (χ1n) is 9.11. The molecule has 2 aromatic carbocycles. The first-order chi connectivity index (χ1) is 12.9. The highest BCUT2D eigenvalue weighted by molar-refractivity contribution is 5.95. The van der Waals surface area contributed by atoms with E-state index in [0.717, 1.165) is 25.1 Å². The molecule has 0 spiro atoms. The average molecular weight is 374 g/mol. The molecule has 1 heterocycles. The van der Waals surface area contributed by atoms with Crippen LogP contribution in [0.15, 0.2) is 36.4 Å². The largest absolute Gasteiger partial charge is 0.507 e. The topological polar surface area (TPSA) is 43.8 Å². The number of amides is 1. The number of phenols is 1. The molecule has 0 unspecified atom stereocenters. The van der Waals surface area contributed by atoms with E-state index in [4.69, 9.17) is 0 Å². The Morgan fingerprint density at radius 2 is 1.96 bits per heavy atom. The van der Waals surface area contributed by atoms with Gasteiger partial charge in [-0.3, -0.25) is 4.79 Å². The third-order valence-electron chi connectivity index (χ3n) is 5.21. The molecule has 1 N–H and O–H groups in total. The maximum atomic E-state index is 13.6. The lowest BCUT2D eigenvalue weighted by atomic mass is 10.0. The summed E-state index contributed by atoms with van der Waals surface area (Å²) < 4.78 is 26.8. The molecule has 6 heteroatoms. The molecule has 0 aliphatic carbocycles. The van der Waals surface area contributed by atoms with Crippen LogP contribution in [0.3, 0.4) is 0 Å². The maximum Gasteiger partial charge on any atom is 0.253 e. The lowest BCUT2D eigenvalue weighted by Gasteiger charge is -2.35. The fraction of sp³-hybridized carbons (Fsp3) is 0.381. The van der Waals surface area contributed by atoms with Crippen molar-refractivity contribution < 1.29 is 18.7 Å². The number of carbonyl (C=O) groups is 1. The maximum absolute atomic E-state index is 13.6. The Hall–Kier alpha value is -2.47. The molecule has 144 valence electrons. The van der Waals surface area contributed by atoms with E-state index in [1.165, 1.54) is 12.8 Å². The van der Waals surface area contributed by atoms with Crippen molar-refractivity contribution in [3.05, 3.63) is 53.6 Å². The molecule has 0 bridgehead atoms. The van der Waals surface area contributed by atoms with E-state index in [2.05, 4.69) is 11.9 Å². The normalized spacial score (nSPS) is 17.7. The summed E-state index contributed by atoms with van der Waals surface area (Å²) in [5, 5.41) is 9.95. The number of benzene rings is 2. The predicted molar refractivity (Wildman–Crippen MR) is 101 cm³/mol. The summed E-state index contributed by atoms with van der Waals surface area (Å²) in [4.78, 5) is 16.8. The van der Waals surface area contributed by atoms with Crippen molar-refractivity contribution in [3.8, 4) is 16.9 Å². The highest BCUT2D eigenvalue weighted by Crippen LogP contribution is 2.31. The molecule has 1 saturated heterocycles. The number of halogens is 2. The highest BCUT2D eigenvalue weighted by Gasteiger charge is 2.23. The van der Waals surface area contributed by atoms with Gasteiger partial charge in [0.05, 0.1) is 0 Å². The van der Waals surface area contributed by atoms with Crippen molar-refractivity contribution >= 4 is 5.91 Å². The highest BCUT2D eigenvalue weighted by atomic mass is 19.2. The van der Waals surface area contributed by atoms with E-state index in [1.54, 1.807) is 36.2 Å². The van der Waals surface area contributed by atoms with Gasteiger partial charge in [0.2, 0.25) is 0 Å². The van der Waals surface area contributed by atoms with Crippen LogP contribution in [0.2, 0.25) is 0 Å². The smallest absolute Gasteiger partial charge is 0.253 e. The van der Waals surface area contributed by atoms with Crippen LogP contribution >= 0.6 is 0 Å². The molecule has 1 aliphatic rings. The fourth-order valence-electron chi connectivity index (χ4n) is 3.58. The van der Waals surface area contributed by atoms with E-state index >= 15 is 0 Å². The number of hydrogen-bond donors (Lipinski definition) is 1. The molecule has 4 nitrogen and oxygen atoms in total. The number of phenolic OH excluding ortho intramolecular Hbond substituents is 1. The molecular formula is C21H24F2N2O2. The second-order valence-corrected chi connectivity index (χ2v) is 7.18. The molecule has 27 heavy (non-hydrogen) atoms. The number of rotatable bonds is 4. The van der Waals surface area contributed by atoms with Crippen LogP contribution < -0.4 is 0 Å². The van der Waals surface area contributed by atoms with Gasteiger partial charge in [0.1, 0.15) is 5.75 Å². The van der Waals surface area contributed by atoms with E-state index in [9.17, 15) is 18.7 Å². The molecule has 1 fully saturated rings. The van der Waals surface area contributed by atoms with Crippen LogP contribution in [-0.2, 0) is 0 Å².